The van der Waals surface area contributed by atoms with Gasteiger partial charge in [-0.05, 0) is 15.9 Å². The van der Waals surface area contributed by atoms with Gasteiger partial charge >= 0.3 is 0 Å². The zero-order chi connectivity index (χ0) is 10.0. The Morgan fingerprint density at radius 1 is 1.62 bits per heavy atom. The molecule has 13 heavy (non-hydrogen) atoms. The fraction of sp³-hybridized carbons (Fsp3) is 0.286. The monoisotopic (exact) mass is 252 g/mol. The van der Waals surface area contributed by atoms with E-state index in [0.717, 1.165) is 6.20 Å². The minimum absolute atomic E-state index is 0.0500. The van der Waals surface area contributed by atoms with Crippen molar-refractivity contribution >= 4 is 21.6 Å². The normalized spacial score (nSPS) is 10.8. The fourth-order valence-corrected chi connectivity index (χ4v) is 1.36. The molecule has 1 heterocycles. The van der Waals surface area contributed by atoms with Crippen molar-refractivity contribution in [2.45, 2.75) is 13.0 Å². The van der Waals surface area contributed by atoms with Crippen LogP contribution in [0.3, 0.4) is 0 Å². The summed E-state index contributed by atoms with van der Waals surface area (Å²) in [6.45, 7) is -0.319. The Labute approximate surface area is 81.7 Å². The molecule has 1 aromatic heterocycles. The number of halogens is 3. The molecule has 3 nitrogen and oxygen atoms in total. The molecular formula is C7H7BrF2N2O. The van der Waals surface area contributed by atoms with Crippen molar-refractivity contribution in [1.29, 1.82) is 0 Å². The molecule has 0 fully saturated rings. The van der Waals surface area contributed by atoms with Crippen LogP contribution in [0.25, 0.3) is 0 Å². The largest absolute Gasteiger partial charge is 0.397 e. The zero-order valence-electron chi connectivity index (χ0n) is 6.47. The van der Waals surface area contributed by atoms with E-state index in [4.69, 9.17) is 10.8 Å². The minimum Gasteiger partial charge on any atom is -0.397 e. The number of rotatable bonds is 2. The average molecular weight is 253 g/mol. The number of anilines is 1. The molecule has 0 saturated carbocycles. The van der Waals surface area contributed by atoms with Crippen LogP contribution < -0.4 is 5.73 Å². The summed E-state index contributed by atoms with van der Waals surface area (Å²) in [5.41, 5.74) is 5.48. The van der Waals surface area contributed by atoms with E-state index >= 15 is 0 Å². The van der Waals surface area contributed by atoms with Crippen molar-refractivity contribution in [2.75, 3.05) is 5.73 Å². The summed E-state index contributed by atoms with van der Waals surface area (Å²) in [5, 5.41) is 8.74. The SMILES string of the molecule is Nc1c(CO)cnc(C(F)F)c1Br. The number of aliphatic hydroxyl groups is 1. The zero-order valence-corrected chi connectivity index (χ0v) is 8.05. The summed E-state index contributed by atoms with van der Waals surface area (Å²) in [4.78, 5) is 3.47. The molecule has 0 unspecified atom stereocenters. The van der Waals surface area contributed by atoms with Crippen molar-refractivity contribution in [2.24, 2.45) is 0 Å². The van der Waals surface area contributed by atoms with Gasteiger partial charge in [-0.15, -0.1) is 0 Å². The Hall–Kier alpha value is -0.750. The third-order valence-corrected chi connectivity index (χ3v) is 2.38. The number of aliphatic hydroxyl groups excluding tert-OH is 1. The molecule has 0 amide bonds. The van der Waals surface area contributed by atoms with E-state index in [9.17, 15) is 8.78 Å². The molecule has 0 aliphatic heterocycles. The fourth-order valence-electron chi connectivity index (χ4n) is 0.831. The second-order valence-corrected chi connectivity index (χ2v) is 3.15. The van der Waals surface area contributed by atoms with Gasteiger partial charge in [0.05, 0.1) is 16.8 Å². The van der Waals surface area contributed by atoms with Gasteiger partial charge in [-0.3, -0.25) is 4.98 Å². The van der Waals surface area contributed by atoms with E-state index in [1.165, 1.54) is 0 Å². The smallest absolute Gasteiger partial charge is 0.281 e. The van der Waals surface area contributed by atoms with Gasteiger partial charge in [0.1, 0.15) is 5.69 Å². The van der Waals surface area contributed by atoms with Crippen molar-refractivity contribution in [3.05, 3.63) is 21.9 Å². The molecule has 1 rings (SSSR count). The highest BCUT2D eigenvalue weighted by atomic mass is 79.9. The molecule has 0 aromatic carbocycles. The summed E-state index contributed by atoms with van der Waals surface area (Å²) in [6.07, 6.45) is -1.54. The van der Waals surface area contributed by atoms with Crippen LogP contribution in [0, 0.1) is 0 Å². The molecule has 0 aliphatic carbocycles. The Morgan fingerprint density at radius 3 is 2.69 bits per heavy atom. The van der Waals surface area contributed by atoms with Crippen LogP contribution in [0.2, 0.25) is 0 Å². The molecule has 0 spiro atoms. The van der Waals surface area contributed by atoms with Gasteiger partial charge in [0.25, 0.3) is 6.43 Å². The Morgan fingerprint density at radius 2 is 2.23 bits per heavy atom. The minimum atomic E-state index is -2.68. The predicted octanol–water partition coefficient (Wildman–Crippen LogP) is 1.86. The predicted molar refractivity (Wildman–Crippen MR) is 47.2 cm³/mol. The first-order valence-electron chi connectivity index (χ1n) is 3.39. The average Bonchev–Trinajstić information content (AvgIpc) is 2.09. The van der Waals surface area contributed by atoms with Crippen LogP contribution in [-0.2, 0) is 6.61 Å². The van der Waals surface area contributed by atoms with Crippen LogP contribution in [0.4, 0.5) is 14.5 Å². The van der Waals surface area contributed by atoms with Gasteiger partial charge in [0.2, 0.25) is 0 Å². The van der Waals surface area contributed by atoms with Gasteiger partial charge in [0.15, 0.2) is 0 Å². The lowest BCUT2D eigenvalue weighted by atomic mass is 10.2. The van der Waals surface area contributed by atoms with Crippen LogP contribution in [0.1, 0.15) is 17.7 Å². The molecule has 6 heteroatoms. The van der Waals surface area contributed by atoms with Gasteiger partial charge in [-0.2, -0.15) is 0 Å². The van der Waals surface area contributed by atoms with Gasteiger partial charge in [-0.1, -0.05) is 0 Å². The van der Waals surface area contributed by atoms with E-state index in [1.807, 2.05) is 0 Å². The van der Waals surface area contributed by atoms with Crippen molar-refractivity contribution < 1.29 is 13.9 Å². The molecular weight excluding hydrogens is 246 g/mol. The lowest BCUT2D eigenvalue weighted by molar-refractivity contribution is 0.145. The summed E-state index contributed by atoms with van der Waals surface area (Å²) < 4.78 is 24.5. The van der Waals surface area contributed by atoms with Crippen molar-refractivity contribution in [3.8, 4) is 0 Å². The van der Waals surface area contributed by atoms with Crippen LogP contribution in [-0.4, -0.2) is 10.1 Å². The van der Waals surface area contributed by atoms with Gasteiger partial charge in [0, 0.05) is 11.8 Å². The first-order valence-corrected chi connectivity index (χ1v) is 4.19. The van der Waals surface area contributed by atoms with E-state index < -0.39 is 12.1 Å². The number of hydrogen-bond acceptors (Lipinski definition) is 3. The van der Waals surface area contributed by atoms with Gasteiger partial charge < -0.3 is 10.8 Å². The molecule has 1 aromatic rings. The number of alkyl halides is 2. The van der Waals surface area contributed by atoms with E-state index in [0.29, 0.717) is 5.56 Å². The number of nitrogens with two attached hydrogens (primary N) is 1. The third-order valence-electron chi connectivity index (χ3n) is 1.54. The summed E-state index contributed by atoms with van der Waals surface area (Å²) in [5.74, 6) is 0. The lowest BCUT2D eigenvalue weighted by Gasteiger charge is -2.08. The summed E-state index contributed by atoms with van der Waals surface area (Å²) in [6, 6.07) is 0. The second-order valence-electron chi connectivity index (χ2n) is 2.36. The molecule has 3 N–H and O–H groups in total. The highest BCUT2D eigenvalue weighted by Crippen LogP contribution is 2.31. The summed E-state index contributed by atoms with van der Waals surface area (Å²) >= 11 is 2.89. The van der Waals surface area contributed by atoms with E-state index in [1.54, 1.807) is 0 Å². The number of aromatic nitrogens is 1. The summed E-state index contributed by atoms with van der Waals surface area (Å²) in [7, 11) is 0. The molecule has 0 atom stereocenters. The van der Waals surface area contributed by atoms with Crippen LogP contribution >= 0.6 is 15.9 Å². The number of pyridine rings is 1. The Bertz CT molecular complexity index is 320. The Balaban J connectivity index is 3.23. The number of nitrogens with zero attached hydrogens (tertiary/aromatic N) is 1. The standard InChI is InChI=1S/C7H7BrF2N2O/c8-4-5(11)3(2-13)1-12-6(4)7(9)10/h1,7,13H,2H2,(H2,11,12). The maximum atomic E-state index is 12.2. The lowest BCUT2D eigenvalue weighted by Crippen LogP contribution is -2.01. The van der Waals surface area contributed by atoms with Crippen LogP contribution in [0.5, 0.6) is 0 Å². The highest BCUT2D eigenvalue weighted by molar-refractivity contribution is 9.10. The Kier molecular flexibility index (Phi) is 3.16. The third kappa shape index (κ3) is 1.94. The first kappa shape index (κ1) is 10.3. The molecule has 0 aliphatic rings. The molecule has 0 saturated heterocycles. The van der Waals surface area contributed by atoms with Gasteiger partial charge in [-0.25, -0.2) is 8.78 Å². The number of nitrogen functional groups attached to an aromatic ring is 1. The quantitative estimate of drug-likeness (QED) is 0.845. The maximum Gasteiger partial charge on any atom is 0.281 e. The molecule has 0 radical (unpaired) electrons. The van der Waals surface area contributed by atoms with Crippen LogP contribution in [0.15, 0.2) is 10.7 Å². The molecule has 0 bridgehead atoms. The second kappa shape index (κ2) is 3.97. The number of hydrogen-bond donors (Lipinski definition) is 2. The molecule has 72 valence electrons. The van der Waals surface area contributed by atoms with E-state index in [-0.39, 0.29) is 16.8 Å². The highest BCUT2D eigenvalue weighted by Gasteiger charge is 2.16. The first-order chi connectivity index (χ1) is 6.07. The van der Waals surface area contributed by atoms with Crippen molar-refractivity contribution in [3.63, 3.8) is 0 Å². The van der Waals surface area contributed by atoms with E-state index in [2.05, 4.69) is 20.9 Å². The van der Waals surface area contributed by atoms with Crippen molar-refractivity contribution in [1.82, 2.24) is 4.98 Å². The topological polar surface area (TPSA) is 59.1 Å². The maximum absolute atomic E-state index is 12.2.